The minimum atomic E-state index is -1.53. The number of hydrogen-bond donors (Lipinski definition) is 4. The van der Waals surface area contributed by atoms with Crippen LogP contribution < -0.4 is 24.3 Å². The Labute approximate surface area is 415 Å². The van der Waals surface area contributed by atoms with Crippen LogP contribution in [0, 0.1) is 17.8 Å². The van der Waals surface area contributed by atoms with Crippen LogP contribution in [0.25, 0.3) is 0 Å². The molecule has 0 saturated heterocycles. The highest BCUT2D eigenvalue weighted by Gasteiger charge is 2.65. The van der Waals surface area contributed by atoms with E-state index in [1.807, 2.05) is 6.07 Å². The number of carbonyl (C=O) groups is 2. The van der Waals surface area contributed by atoms with Crippen LogP contribution in [0.5, 0.6) is 23.0 Å². The van der Waals surface area contributed by atoms with Crippen LogP contribution in [0.1, 0.15) is 128 Å². The Kier molecular flexibility index (Phi) is 24.1. The zero-order valence-corrected chi connectivity index (χ0v) is 42.2. The summed E-state index contributed by atoms with van der Waals surface area (Å²) in [5.74, 6) is -0.846. The number of anilines is 1. The molecule has 6 atom stereocenters. The summed E-state index contributed by atoms with van der Waals surface area (Å²) in [6, 6.07) is 9.49. The molecule has 2 aliphatic carbocycles. The molecule has 1 saturated carbocycles. The van der Waals surface area contributed by atoms with Gasteiger partial charge in [-0.15, -0.1) is 6.58 Å². The number of hydrogen-bond acceptors (Lipinski definition) is 14. The maximum absolute atomic E-state index is 14.7. The molecular weight excluding hydrogens is 899 g/mol. The minimum absolute atomic E-state index is 0.00688. The first kappa shape index (κ1) is 56.0. The molecule has 4 N–H and O–H groups in total. The van der Waals surface area contributed by atoms with E-state index in [4.69, 9.17) is 38.0 Å². The van der Waals surface area contributed by atoms with Crippen LogP contribution >= 0.6 is 0 Å². The zero-order chi connectivity index (χ0) is 50.1. The number of unbranched alkanes of at least 4 members (excludes halogenated alkanes) is 11. The van der Waals surface area contributed by atoms with Crippen molar-refractivity contribution in [2.45, 2.75) is 134 Å². The van der Waals surface area contributed by atoms with E-state index in [0.29, 0.717) is 41.5 Å². The highest BCUT2D eigenvalue weighted by Crippen LogP contribution is 2.62. The Morgan fingerprint density at radius 3 is 2.23 bits per heavy atom. The van der Waals surface area contributed by atoms with Gasteiger partial charge in [-0.3, -0.25) is 10.2 Å². The van der Waals surface area contributed by atoms with Crippen LogP contribution in [0.4, 0.5) is 15.3 Å². The van der Waals surface area contributed by atoms with Gasteiger partial charge in [0.2, 0.25) is 5.79 Å². The van der Waals surface area contributed by atoms with Crippen molar-refractivity contribution in [2.75, 3.05) is 79.4 Å². The van der Waals surface area contributed by atoms with Gasteiger partial charge < -0.3 is 53.3 Å². The lowest BCUT2D eigenvalue weighted by molar-refractivity contribution is -0.256. The number of allylic oxidation sites excluding steroid dienone is 1. The summed E-state index contributed by atoms with van der Waals surface area (Å²) >= 11 is 0. The van der Waals surface area contributed by atoms with Gasteiger partial charge in [-0.05, 0) is 79.8 Å². The number of oxime groups is 1. The number of nitrogens with zero attached hydrogens (tertiary/aromatic N) is 2. The van der Waals surface area contributed by atoms with E-state index in [9.17, 15) is 24.9 Å². The SMILES string of the molecule is C=CCO[C@@]12Oc3ccc(OC(=O)Nc4ccc(OC)cc4OC)cc3[C@H]3[C@H](CCCCO)[C@@H](CCCCO)C=C(C(=NOC)C[C@@H]1N(CCOCCO)C(=O)OCCCCCCCCCCCC)[C@H]32. The van der Waals surface area contributed by atoms with Gasteiger partial charge in [0, 0.05) is 43.7 Å². The molecule has 16 heteroatoms. The van der Waals surface area contributed by atoms with Crippen LogP contribution in [0.3, 0.4) is 0 Å². The van der Waals surface area contributed by atoms with Gasteiger partial charge in [0.25, 0.3) is 0 Å². The number of rotatable bonds is 33. The average molecular weight is 980 g/mol. The topological polar surface area (TPSA) is 196 Å². The second kappa shape index (κ2) is 30.1. The molecule has 5 rings (SSSR count). The number of nitrogens with one attached hydrogen (secondary N) is 1. The van der Waals surface area contributed by atoms with Gasteiger partial charge >= 0.3 is 12.2 Å². The van der Waals surface area contributed by atoms with Gasteiger partial charge in [-0.25, -0.2) is 9.59 Å². The Hall–Kier alpha value is -4.87. The second-order valence-electron chi connectivity index (χ2n) is 18.4. The summed E-state index contributed by atoms with van der Waals surface area (Å²) in [5.41, 5.74) is 2.65. The van der Waals surface area contributed by atoms with Crippen molar-refractivity contribution in [3.05, 3.63) is 66.3 Å². The third kappa shape index (κ3) is 15.1. The highest BCUT2D eigenvalue weighted by atomic mass is 16.7. The molecular formula is C54H81N3O13. The number of methoxy groups -OCH3 is 2. The summed E-state index contributed by atoms with van der Waals surface area (Å²) in [6.45, 7) is 6.77. The lowest BCUT2D eigenvalue weighted by Crippen LogP contribution is -2.70. The lowest BCUT2D eigenvalue weighted by atomic mass is 9.55. The normalized spacial score (nSPS) is 21.7. The van der Waals surface area contributed by atoms with Crippen molar-refractivity contribution < 1.29 is 62.9 Å². The number of aliphatic hydroxyl groups is 3. The van der Waals surface area contributed by atoms with E-state index >= 15 is 0 Å². The smallest absolute Gasteiger partial charge is 0.417 e. The van der Waals surface area contributed by atoms with E-state index in [0.717, 1.165) is 62.5 Å². The van der Waals surface area contributed by atoms with E-state index in [1.165, 1.54) is 52.7 Å². The number of carbonyl (C=O) groups excluding carboxylic acids is 2. The van der Waals surface area contributed by atoms with Gasteiger partial charge in [-0.2, -0.15) is 0 Å². The first-order valence-electron chi connectivity index (χ1n) is 25.7. The number of ether oxygens (including phenoxy) is 7. The molecule has 3 aliphatic rings. The standard InChI is InChI=1S/C54H81N3O13/c1-6-8-9-10-11-12-13-14-15-20-32-67-53(62)57(27-33-66-34-30-60)49-38-46(56-65-5)43-35-39(21-16-18-28-58)42(22-17-19-29-59)50-44-36-41(24-26-47(44)70-54(49,51(43)50)68-31-7-2)69-52(61)55-45-25-23-40(63-3)37-48(45)64-4/h7,23-26,35-37,39,42,49-51,58-60H,2,6,8-22,27-34,38H2,1,3-5H3,(H,55,61)/t39-,42+,49-,50+,51+,54+/m0/s1. The summed E-state index contributed by atoms with van der Waals surface area (Å²) in [6.07, 6.45) is 18.5. The summed E-state index contributed by atoms with van der Waals surface area (Å²) in [5, 5.41) is 37.0. The molecule has 1 aliphatic heterocycles. The molecule has 0 bridgehead atoms. The van der Waals surface area contributed by atoms with Crippen molar-refractivity contribution in [3.63, 3.8) is 0 Å². The van der Waals surface area contributed by atoms with Crippen LogP contribution in [-0.4, -0.2) is 124 Å². The van der Waals surface area contributed by atoms with Crippen LogP contribution in [-0.2, 0) is 19.0 Å². The van der Waals surface area contributed by atoms with Crippen molar-refractivity contribution in [2.24, 2.45) is 22.9 Å². The molecule has 2 aromatic carbocycles. The largest absolute Gasteiger partial charge is 0.497 e. The molecule has 0 spiro atoms. The third-order valence-electron chi connectivity index (χ3n) is 13.7. The maximum atomic E-state index is 14.7. The summed E-state index contributed by atoms with van der Waals surface area (Å²) in [4.78, 5) is 35.5. The van der Waals surface area contributed by atoms with Crippen LogP contribution in [0.15, 0.2) is 65.9 Å². The molecule has 0 radical (unpaired) electrons. The predicted octanol–water partition coefficient (Wildman–Crippen LogP) is 9.95. The molecule has 70 heavy (non-hydrogen) atoms. The number of fused-ring (bicyclic) bond motifs is 2. The van der Waals surface area contributed by atoms with Crippen LogP contribution in [0.2, 0.25) is 0 Å². The Bertz CT molecular complexity index is 1980. The second-order valence-corrected chi connectivity index (χ2v) is 18.4. The molecule has 0 unspecified atom stereocenters. The summed E-state index contributed by atoms with van der Waals surface area (Å²) < 4.78 is 43.1. The molecule has 1 fully saturated rings. The summed E-state index contributed by atoms with van der Waals surface area (Å²) in [7, 11) is 4.55. The fraction of sp³-hybridized carbons (Fsp3) is 0.648. The fourth-order valence-corrected chi connectivity index (χ4v) is 10.5. The first-order chi connectivity index (χ1) is 34.2. The van der Waals surface area contributed by atoms with Crippen molar-refractivity contribution in [1.29, 1.82) is 0 Å². The molecule has 2 aromatic rings. The fourth-order valence-electron chi connectivity index (χ4n) is 10.5. The number of amides is 2. The number of benzene rings is 2. The van der Waals surface area contributed by atoms with E-state index in [2.05, 4.69) is 30.1 Å². The third-order valence-corrected chi connectivity index (χ3v) is 13.7. The van der Waals surface area contributed by atoms with Crippen molar-refractivity contribution in [3.8, 4) is 23.0 Å². The van der Waals surface area contributed by atoms with Gasteiger partial charge in [0.05, 0.1) is 64.6 Å². The molecule has 390 valence electrons. The molecule has 2 amide bonds. The first-order valence-corrected chi connectivity index (χ1v) is 25.7. The average Bonchev–Trinajstić information content (AvgIpc) is 3.36. The zero-order valence-electron chi connectivity index (χ0n) is 42.2. The highest BCUT2D eigenvalue weighted by molar-refractivity contribution is 6.03. The van der Waals surface area contributed by atoms with E-state index in [-0.39, 0.29) is 82.7 Å². The molecule has 1 heterocycles. The maximum Gasteiger partial charge on any atom is 0.417 e. The van der Waals surface area contributed by atoms with Crippen molar-refractivity contribution in [1.82, 2.24) is 4.90 Å². The predicted molar refractivity (Wildman–Crippen MR) is 269 cm³/mol. The minimum Gasteiger partial charge on any atom is -0.497 e. The van der Waals surface area contributed by atoms with E-state index in [1.54, 1.807) is 48.4 Å². The lowest BCUT2D eigenvalue weighted by Gasteiger charge is -2.59. The Morgan fingerprint density at radius 2 is 1.56 bits per heavy atom. The van der Waals surface area contributed by atoms with Gasteiger partial charge in [0.1, 0.15) is 36.1 Å². The monoisotopic (exact) mass is 980 g/mol. The Morgan fingerprint density at radius 1 is 0.843 bits per heavy atom. The van der Waals surface area contributed by atoms with Gasteiger partial charge in [-0.1, -0.05) is 94.9 Å². The number of aliphatic hydroxyl groups excluding tert-OH is 3. The quantitative estimate of drug-likeness (QED) is 0.0300. The van der Waals surface area contributed by atoms with Crippen molar-refractivity contribution >= 4 is 23.6 Å². The molecule has 16 nitrogen and oxygen atoms in total. The Balaban J connectivity index is 1.57. The molecule has 0 aromatic heterocycles. The van der Waals surface area contributed by atoms with E-state index < -0.39 is 29.9 Å². The van der Waals surface area contributed by atoms with Gasteiger partial charge in [0.15, 0.2) is 0 Å².